The lowest BCUT2D eigenvalue weighted by atomic mass is 9.75. The molecule has 3 amide bonds. The minimum absolute atomic E-state index is 0.0950. The Morgan fingerprint density at radius 2 is 1.80 bits per heavy atom. The minimum atomic E-state index is -4.58. The second kappa shape index (κ2) is 7.39. The maximum absolute atomic E-state index is 13.4. The lowest BCUT2D eigenvalue weighted by molar-refractivity contribution is -0.143. The summed E-state index contributed by atoms with van der Waals surface area (Å²) in [7, 11) is 0. The molecule has 0 bridgehead atoms. The second-order valence-corrected chi connectivity index (χ2v) is 8.88. The zero-order chi connectivity index (χ0) is 21.7. The fraction of sp³-hybridized carbons (Fsp3) is 0.591. The number of alkyl halides is 3. The van der Waals surface area contributed by atoms with E-state index in [1.807, 2.05) is 0 Å². The second-order valence-electron chi connectivity index (χ2n) is 8.88. The number of amides is 3. The molecule has 1 aromatic carbocycles. The fourth-order valence-electron chi connectivity index (χ4n) is 4.55. The minimum Gasteiger partial charge on any atom is -0.343 e. The van der Waals surface area contributed by atoms with E-state index in [9.17, 15) is 27.6 Å². The van der Waals surface area contributed by atoms with Gasteiger partial charge in [0.05, 0.1) is 11.0 Å². The lowest BCUT2D eigenvalue weighted by Gasteiger charge is -2.34. The Hall–Kier alpha value is -2.38. The van der Waals surface area contributed by atoms with Crippen molar-refractivity contribution in [3.8, 4) is 0 Å². The summed E-state index contributed by atoms with van der Waals surface area (Å²) in [5, 5.41) is 0. The molecule has 30 heavy (non-hydrogen) atoms. The van der Waals surface area contributed by atoms with Crippen molar-refractivity contribution >= 4 is 17.7 Å². The van der Waals surface area contributed by atoms with Gasteiger partial charge in [0, 0.05) is 32.0 Å². The predicted octanol–water partition coefficient (Wildman–Crippen LogP) is 3.51. The van der Waals surface area contributed by atoms with Crippen LogP contribution in [0.2, 0.25) is 0 Å². The first-order chi connectivity index (χ1) is 14.1. The molecule has 0 spiro atoms. The van der Waals surface area contributed by atoms with Crippen LogP contribution in [-0.4, -0.2) is 46.7 Å². The van der Waals surface area contributed by atoms with Gasteiger partial charge in [-0.3, -0.25) is 19.3 Å². The highest BCUT2D eigenvalue weighted by atomic mass is 19.4. The van der Waals surface area contributed by atoms with Gasteiger partial charge in [-0.25, -0.2) is 0 Å². The third-order valence-electron chi connectivity index (χ3n) is 6.59. The van der Waals surface area contributed by atoms with Gasteiger partial charge in [0.2, 0.25) is 17.7 Å². The van der Waals surface area contributed by atoms with Crippen molar-refractivity contribution in [3.63, 3.8) is 0 Å². The summed E-state index contributed by atoms with van der Waals surface area (Å²) in [5.74, 6) is -0.710. The van der Waals surface area contributed by atoms with Gasteiger partial charge >= 0.3 is 6.18 Å². The number of nitrogens with zero attached hydrogens (tertiary/aromatic N) is 2. The van der Waals surface area contributed by atoms with E-state index in [-0.39, 0.29) is 30.4 Å². The van der Waals surface area contributed by atoms with Crippen LogP contribution in [-0.2, 0) is 26.0 Å². The van der Waals surface area contributed by atoms with Gasteiger partial charge < -0.3 is 4.90 Å². The molecule has 2 aliphatic heterocycles. The Morgan fingerprint density at radius 1 is 1.13 bits per heavy atom. The van der Waals surface area contributed by atoms with Crippen molar-refractivity contribution in [2.75, 3.05) is 13.1 Å². The third-order valence-corrected chi connectivity index (χ3v) is 6.59. The van der Waals surface area contributed by atoms with E-state index >= 15 is 0 Å². The summed E-state index contributed by atoms with van der Waals surface area (Å²) in [6.45, 7) is 3.24. The number of piperidine rings is 1. The zero-order valence-corrected chi connectivity index (χ0v) is 16.9. The van der Waals surface area contributed by atoms with Gasteiger partial charge in [0.25, 0.3) is 0 Å². The monoisotopic (exact) mass is 422 g/mol. The number of likely N-dealkylation sites (tertiary alicyclic amines) is 2. The molecule has 162 valence electrons. The van der Waals surface area contributed by atoms with Crippen molar-refractivity contribution < 1.29 is 27.6 Å². The molecule has 2 heterocycles. The van der Waals surface area contributed by atoms with Gasteiger partial charge in [-0.1, -0.05) is 25.1 Å². The Labute approximate surface area is 173 Å². The number of hydrogen-bond donors (Lipinski definition) is 0. The van der Waals surface area contributed by atoms with E-state index in [0.29, 0.717) is 31.8 Å². The fourth-order valence-corrected chi connectivity index (χ4v) is 4.55. The molecule has 5 nitrogen and oxygen atoms in total. The summed E-state index contributed by atoms with van der Waals surface area (Å²) in [4.78, 5) is 42.0. The smallest absolute Gasteiger partial charge is 0.343 e. The lowest BCUT2D eigenvalue weighted by Crippen LogP contribution is -2.45. The molecule has 3 aliphatic rings. The molecule has 0 aromatic heterocycles. The average molecular weight is 422 g/mol. The Morgan fingerprint density at radius 3 is 2.40 bits per heavy atom. The van der Waals surface area contributed by atoms with E-state index in [0.717, 1.165) is 25.0 Å². The van der Waals surface area contributed by atoms with Crippen molar-refractivity contribution in [1.82, 2.24) is 9.80 Å². The zero-order valence-electron chi connectivity index (χ0n) is 16.9. The predicted molar refractivity (Wildman–Crippen MR) is 102 cm³/mol. The maximum atomic E-state index is 13.4. The third kappa shape index (κ3) is 3.72. The molecule has 8 heteroatoms. The molecular weight excluding hydrogens is 397 g/mol. The number of benzene rings is 1. The average Bonchev–Trinajstić information content (AvgIpc) is 3.48. The number of carbonyl (C=O) groups is 3. The molecule has 0 unspecified atom stereocenters. The molecule has 0 radical (unpaired) electrons. The van der Waals surface area contributed by atoms with Crippen molar-refractivity contribution in [3.05, 3.63) is 35.4 Å². The number of halogens is 3. The number of imide groups is 1. The van der Waals surface area contributed by atoms with Crippen LogP contribution in [0.3, 0.4) is 0 Å². The molecule has 3 fully saturated rings. The first kappa shape index (κ1) is 20.9. The van der Waals surface area contributed by atoms with Crippen LogP contribution in [0.1, 0.15) is 56.6 Å². The van der Waals surface area contributed by atoms with E-state index in [1.54, 1.807) is 4.90 Å². The summed E-state index contributed by atoms with van der Waals surface area (Å²) in [5.41, 5.74) is -2.36. The van der Waals surface area contributed by atoms with Crippen LogP contribution >= 0.6 is 0 Å². The van der Waals surface area contributed by atoms with Crippen LogP contribution in [0.15, 0.2) is 24.3 Å². The molecule has 0 N–H and O–H groups in total. The van der Waals surface area contributed by atoms with Gasteiger partial charge in [-0.05, 0) is 43.2 Å². The highest BCUT2D eigenvalue weighted by molar-refractivity contribution is 6.11. The summed E-state index contributed by atoms with van der Waals surface area (Å²) in [6.07, 6.45) is -2.02. The van der Waals surface area contributed by atoms with Crippen molar-refractivity contribution in [2.45, 2.75) is 63.1 Å². The Balaban J connectivity index is 1.70. The molecular formula is C22H25F3N2O3. The molecule has 2 saturated heterocycles. The number of hydrogen-bond acceptors (Lipinski definition) is 3. The highest BCUT2D eigenvalue weighted by Crippen LogP contribution is 2.45. The SMILES string of the molecule is CC1CCN(C(=O)C[C@]2(c3cccc(C(F)(F)F)c3)CC(=O)N(C3CC3)C2=O)CC1. The van der Waals surface area contributed by atoms with E-state index < -0.39 is 29.0 Å². The number of rotatable bonds is 4. The standard InChI is InChI=1S/C22H25F3N2O3/c1-14-7-9-26(10-8-14)18(28)12-21(13-19(29)27(20(21)30)17-5-6-17)15-3-2-4-16(11-15)22(23,24)25/h2-4,11,14,17H,5-10,12-13H2,1H3/t21-/m1/s1. The molecule has 1 aliphatic carbocycles. The van der Waals surface area contributed by atoms with Gasteiger partial charge in [0.15, 0.2) is 0 Å². The summed E-state index contributed by atoms with van der Waals surface area (Å²) in [6, 6.07) is 4.34. The van der Waals surface area contributed by atoms with E-state index in [2.05, 4.69) is 6.92 Å². The summed E-state index contributed by atoms with van der Waals surface area (Å²) >= 11 is 0. The summed E-state index contributed by atoms with van der Waals surface area (Å²) < 4.78 is 40.0. The number of carbonyl (C=O) groups excluding carboxylic acids is 3. The maximum Gasteiger partial charge on any atom is 0.416 e. The van der Waals surface area contributed by atoms with Crippen LogP contribution in [0, 0.1) is 5.92 Å². The molecule has 1 aromatic rings. The van der Waals surface area contributed by atoms with Crippen molar-refractivity contribution in [1.29, 1.82) is 0 Å². The van der Waals surface area contributed by atoms with E-state index in [1.165, 1.54) is 17.0 Å². The van der Waals surface area contributed by atoms with Crippen LogP contribution < -0.4 is 0 Å². The largest absolute Gasteiger partial charge is 0.416 e. The van der Waals surface area contributed by atoms with Crippen molar-refractivity contribution in [2.24, 2.45) is 5.92 Å². The first-order valence-corrected chi connectivity index (χ1v) is 10.4. The Kier molecular flexibility index (Phi) is 5.14. The quantitative estimate of drug-likeness (QED) is 0.698. The van der Waals surface area contributed by atoms with Crippen LogP contribution in [0.25, 0.3) is 0 Å². The Bertz CT molecular complexity index is 873. The van der Waals surface area contributed by atoms with Gasteiger partial charge in [0.1, 0.15) is 0 Å². The topological polar surface area (TPSA) is 57.7 Å². The van der Waals surface area contributed by atoms with E-state index in [4.69, 9.17) is 0 Å². The molecule has 1 saturated carbocycles. The molecule has 4 rings (SSSR count). The first-order valence-electron chi connectivity index (χ1n) is 10.4. The van der Waals surface area contributed by atoms with Gasteiger partial charge in [-0.2, -0.15) is 13.2 Å². The highest BCUT2D eigenvalue weighted by Gasteiger charge is 2.57. The molecule has 1 atom stereocenters. The normalized spacial score (nSPS) is 25.9. The van der Waals surface area contributed by atoms with Crippen LogP contribution in [0.4, 0.5) is 13.2 Å². The van der Waals surface area contributed by atoms with Gasteiger partial charge in [-0.15, -0.1) is 0 Å². The van der Waals surface area contributed by atoms with Crippen LogP contribution in [0.5, 0.6) is 0 Å².